The summed E-state index contributed by atoms with van der Waals surface area (Å²) in [6.45, 7) is 1.94. The third-order valence-corrected chi connectivity index (χ3v) is 0.977. The maximum Gasteiger partial charge on any atom is 0.322 e. The molecule has 1 radical (unpaired) electrons. The Hall–Kier alpha value is -1.68. The molecule has 0 aromatic heterocycles. The van der Waals surface area contributed by atoms with E-state index in [9.17, 15) is 19.2 Å². The van der Waals surface area contributed by atoms with Crippen LogP contribution >= 0.6 is 0 Å². The number of carbonyl (C=O) groups excluding carboxylic acids is 2. The van der Waals surface area contributed by atoms with Crippen LogP contribution < -0.4 is 10.6 Å². The molecule has 10 N–H and O–H groups in total. The van der Waals surface area contributed by atoms with E-state index in [1.54, 1.807) is 0 Å². The summed E-state index contributed by atoms with van der Waals surface area (Å²) in [6.07, 6.45) is 0. The van der Waals surface area contributed by atoms with Crippen molar-refractivity contribution in [3.05, 3.63) is 0 Å². The fourth-order valence-corrected chi connectivity index (χ4v) is 0.400. The molecule has 0 atom stereocenters. The van der Waals surface area contributed by atoms with Crippen molar-refractivity contribution in [2.24, 2.45) is 0 Å². The van der Waals surface area contributed by atoms with Crippen LogP contribution in [0.3, 0.4) is 0 Å². The largest absolute Gasteiger partial charge is 0.480 e. The standard InChI is InChI=1S/2C4H7NO3.Cu.2H2O/c2*1-3(6)5-2-4(7)8;;;/h2*2H2,1H3,(H,5,6)(H,7,8);;2*1H2/p+2. The maximum atomic E-state index is 9.97. The molecule has 19 heavy (non-hydrogen) atoms. The van der Waals surface area contributed by atoms with Crippen LogP contribution in [0, 0.1) is 0 Å². The van der Waals surface area contributed by atoms with Crippen molar-refractivity contribution in [1.29, 1.82) is 0 Å². The van der Waals surface area contributed by atoms with Crippen molar-refractivity contribution in [2.75, 3.05) is 13.1 Å². The third-order valence-electron chi connectivity index (χ3n) is 0.977. The number of carbonyl (C=O) groups is 4. The van der Waals surface area contributed by atoms with Gasteiger partial charge in [0.2, 0.25) is 11.8 Å². The average molecular weight is 336 g/mol. The molecule has 10 nitrogen and oxygen atoms in total. The maximum absolute atomic E-state index is 9.97. The van der Waals surface area contributed by atoms with Gasteiger partial charge in [-0.3, -0.25) is 19.2 Å². The summed E-state index contributed by atoms with van der Waals surface area (Å²) in [4.78, 5) is 39.3. The molecule has 0 aromatic rings. The van der Waals surface area contributed by atoms with Crippen molar-refractivity contribution in [3.8, 4) is 0 Å². The van der Waals surface area contributed by atoms with E-state index in [0.717, 1.165) is 0 Å². The molecule has 2 amide bonds. The molecule has 0 aliphatic rings. The Labute approximate surface area is 119 Å². The fraction of sp³-hybridized carbons (Fsp3) is 0.500. The summed E-state index contributed by atoms with van der Waals surface area (Å²) in [5, 5.41) is 20.1. The summed E-state index contributed by atoms with van der Waals surface area (Å²) >= 11 is 0. The normalized spacial score (nSPS) is 6.84. The second kappa shape index (κ2) is 18.7. The fourth-order valence-electron chi connectivity index (χ4n) is 0.400. The van der Waals surface area contributed by atoms with Crippen molar-refractivity contribution >= 4 is 23.8 Å². The average Bonchev–Trinajstić information content (AvgIpc) is 2.12. The zero-order valence-corrected chi connectivity index (χ0v) is 11.3. The van der Waals surface area contributed by atoms with Gasteiger partial charge < -0.3 is 31.8 Å². The summed E-state index contributed by atoms with van der Waals surface area (Å²) in [5.41, 5.74) is 0. The number of carboxylic acid groups (broad SMARTS) is 2. The van der Waals surface area contributed by atoms with Gasteiger partial charge >= 0.3 is 11.9 Å². The second-order valence-corrected chi connectivity index (χ2v) is 2.61. The topological polar surface area (TPSA) is 199 Å². The zero-order chi connectivity index (χ0) is 13.1. The minimum absolute atomic E-state index is 0. The van der Waals surface area contributed by atoms with Gasteiger partial charge in [0.15, 0.2) is 0 Å². The van der Waals surface area contributed by atoms with E-state index in [0.29, 0.717) is 0 Å². The SMILES string of the molecule is CC(=O)NCC(=O)O.CC(=O)NCC(=O)O.[Cu].[OH3+].[OH3+]. The van der Waals surface area contributed by atoms with Crippen molar-refractivity contribution in [1.82, 2.24) is 10.6 Å². The summed E-state index contributed by atoms with van der Waals surface area (Å²) in [6, 6.07) is 0. The quantitative estimate of drug-likeness (QED) is 0.304. The Morgan fingerprint density at radius 1 is 0.789 bits per heavy atom. The first-order chi connectivity index (χ1) is 7.25. The van der Waals surface area contributed by atoms with Gasteiger partial charge in [-0.25, -0.2) is 0 Å². The van der Waals surface area contributed by atoms with Gasteiger partial charge in [-0.2, -0.15) is 0 Å². The first kappa shape index (κ1) is 30.4. The third kappa shape index (κ3) is 48.3. The summed E-state index contributed by atoms with van der Waals surface area (Å²) < 4.78 is 0. The van der Waals surface area contributed by atoms with E-state index < -0.39 is 11.9 Å². The zero-order valence-electron chi connectivity index (χ0n) is 10.4. The first-order valence-electron chi connectivity index (χ1n) is 4.18. The number of hydrogen-bond donors (Lipinski definition) is 4. The molecule has 0 aromatic carbocycles. The van der Waals surface area contributed by atoms with E-state index in [1.165, 1.54) is 13.8 Å². The number of rotatable bonds is 4. The number of carboxylic acids is 2. The van der Waals surface area contributed by atoms with E-state index in [1.807, 2.05) is 0 Å². The Kier molecular flexibility index (Phi) is 29.9. The molecule has 0 fully saturated rings. The second-order valence-electron chi connectivity index (χ2n) is 2.61. The van der Waals surface area contributed by atoms with Gasteiger partial charge in [0.05, 0.1) is 0 Å². The Morgan fingerprint density at radius 3 is 1.05 bits per heavy atom. The van der Waals surface area contributed by atoms with Crippen LogP contribution in [0.25, 0.3) is 0 Å². The number of amides is 2. The molecule has 11 heteroatoms. The Balaban J connectivity index is -0.0000000594. The van der Waals surface area contributed by atoms with Gasteiger partial charge in [0, 0.05) is 30.9 Å². The number of hydrogen-bond acceptors (Lipinski definition) is 4. The molecule has 0 aliphatic carbocycles. The van der Waals surface area contributed by atoms with Crippen LogP contribution in [-0.4, -0.2) is 47.1 Å². The Morgan fingerprint density at radius 2 is 1.00 bits per heavy atom. The van der Waals surface area contributed by atoms with Crippen molar-refractivity contribution < 1.29 is 57.4 Å². The number of nitrogens with one attached hydrogen (secondary N) is 2. The van der Waals surface area contributed by atoms with E-state index in [2.05, 4.69) is 10.6 Å². The number of aliphatic carboxylic acids is 2. The minimum Gasteiger partial charge on any atom is -0.480 e. The molecule has 119 valence electrons. The van der Waals surface area contributed by atoms with Gasteiger partial charge in [0.25, 0.3) is 0 Å². The van der Waals surface area contributed by atoms with Crippen molar-refractivity contribution in [2.45, 2.75) is 13.8 Å². The molecule has 0 heterocycles. The molecular weight excluding hydrogens is 316 g/mol. The van der Waals surface area contributed by atoms with E-state index >= 15 is 0 Å². The monoisotopic (exact) mass is 335 g/mol. The van der Waals surface area contributed by atoms with Crippen molar-refractivity contribution in [3.63, 3.8) is 0 Å². The van der Waals surface area contributed by atoms with Crippen LogP contribution in [0.1, 0.15) is 13.8 Å². The van der Waals surface area contributed by atoms with Crippen LogP contribution in [-0.2, 0) is 47.2 Å². The van der Waals surface area contributed by atoms with Gasteiger partial charge in [-0.1, -0.05) is 0 Å². The molecule has 0 saturated heterocycles. The van der Waals surface area contributed by atoms with E-state index in [4.69, 9.17) is 10.2 Å². The predicted molar refractivity (Wildman–Crippen MR) is 62.4 cm³/mol. The van der Waals surface area contributed by atoms with E-state index in [-0.39, 0.29) is 52.9 Å². The first-order valence-corrected chi connectivity index (χ1v) is 4.18. The summed E-state index contributed by atoms with van der Waals surface area (Å²) in [7, 11) is 0. The molecular formula is C8H20CuN2O8+2. The van der Waals surface area contributed by atoms with Crippen LogP contribution in [0.5, 0.6) is 0 Å². The smallest absolute Gasteiger partial charge is 0.322 e. The molecule has 0 saturated carbocycles. The Bertz CT molecular complexity index is 228. The minimum atomic E-state index is -1.03. The summed E-state index contributed by atoms with van der Waals surface area (Å²) in [5.74, 6) is -2.71. The predicted octanol–water partition coefficient (Wildman–Crippen LogP) is -3.43. The molecule has 0 bridgehead atoms. The van der Waals surface area contributed by atoms with Gasteiger partial charge in [-0.15, -0.1) is 0 Å². The molecule has 0 unspecified atom stereocenters. The van der Waals surface area contributed by atoms with Gasteiger partial charge in [0.1, 0.15) is 13.1 Å². The molecule has 0 aliphatic heterocycles. The molecule has 0 spiro atoms. The molecule has 0 rings (SSSR count). The van der Waals surface area contributed by atoms with Gasteiger partial charge in [-0.05, 0) is 0 Å². The van der Waals surface area contributed by atoms with Crippen LogP contribution in [0.15, 0.2) is 0 Å². The van der Waals surface area contributed by atoms with Crippen LogP contribution in [0.4, 0.5) is 0 Å². The van der Waals surface area contributed by atoms with Crippen LogP contribution in [0.2, 0.25) is 0 Å².